The normalized spacial score (nSPS) is 11.0. The van der Waals surface area contributed by atoms with E-state index >= 15 is 0 Å². The molecule has 2 amide bonds. The third-order valence-electron chi connectivity index (χ3n) is 5.68. The summed E-state index contributed by atoms with van der Waals surface area (Å²) in [5.74, 6) is -0.492. The number of nitrogens with one attached hydrogen (secondary N) is 2. The fraction of sp³-hybridized carbons (Fsp3) is 0.115. The van der Waals surface area contributed by atoms with Crippen LogP contribution in [-0.2, 0) is 17.9 Å². The number of anilines is 1. The van der Waals surface area contributed by atoms with Gasteiger partial charge in [-0.05, 0) is 36.8 Å². The molecule has 2 N–H and O–H groups in total. The Hall–Kier alpha value is -4.30. The topological polar surface area (TPSA) is 102 Å². The maximum absolute atomic E-state index is 13.2. The summed E-state index contributed by atoms with van der Waals surface area (Å²) in [4.78, 5) is 30.3. The second kappa shape index (κ2) is 9.52. The van der Waals surface area contributed by atoms with Crippen LogP contribution >= 0.6 is 11.6 Å². The number of carbonyl (C=O) groups excluding carboxylic acids is 2. The van der Waals surface area contributed by atoms with E-state index in [0.717, 1.165) is 27.4 Å². The molecule has 0 bridgehead atoms. The lowest BCUT2D eigenvalue weighted by Gasteiger charge is -2.10. The van der Waals surface area contributed by atoms with Crippen LogP contribution in [0.2, 0.25) is 5.02 Å². The first-order chi connectivity index (χ1) is 17.0. The molecule has 2 heterocycles. The Kier molecular flexibility index (Phi) is 6.12. The number of benzene rings is 3. The predicted octanol–water partition coefficient (Wildman–Crippen LogP) is 4.51. The molecule has 2 aromatic heterocycles. The molecule has 0 aliphatic rings. The van der Waals surface area contributed by atoms with Crippen LogP contribution < -0.4 is 10.6 Å². The molecule has 174 valence electrons. The number of pyridine rings is 1. The van der Waals surface area contributed by atoms with Gasteiger partial charge in [-0.25, -0.2) is 9.67 Å². The first kappa shape index (κ1) is 22.5. The number of aromatic nitrogens is 4. The Morgan fingerprint density at radius 2 is 1.63 bits per heavy atom. The minimum absolute atomic E-state index is 0.0213. The predicted molar refractivity (Wildman–Crippen MR) is 135 cm³/mol. The van der Waals surface area contributed by atoms with E-state index in [4.69, 9.17) is 11.6 Å². The summed E-state index contributed by atoms with van der Waals surface area (Å²) in [6, 6.07) is 20.4. The van der Waals surface area contributed by atoms with E-state index < -0.39 is 0 Å². The zero-order valence-corrected chi connectivity index (χ0v) is 19.6. The van der Waals surface area contributed by atoms with Crippen LogP contribution in [0.1, 0.15) is 21.6 Å². The molecule has 5 rings (SSSR count). The molecule has 0 saturated carbocycles. The maximum atomic E-state index is 13.2. The molecule has 5 aromatic rings. The molecular weight excluding hydrogens is 464 g/mol. The third-order valence-corrected chi connectivity index (χ3v) is 6.09. The van der Waals surface area contributed by atoms with Crippen LogP contribution in [0.5, 0.6) is 0 Å². The number of nitrogens with zero attached hydrogens (tertiary/aromatic N) is 4. The number of fused-ring (bicyclic) bond motifs is 2. The highest BCUT2D eigenvalue weighted by Crippen LogP contribution is 2.26. The van der Waals surface area contributed by atoms with Gasteiger partial charge in [-0.15, -0.1) is 5.10 Å². The lowest BCUT2D eigenvalue weighted by atomic mass is 10.0. The average molecular weight is 485 g/mol. The van der Waals surface area contributed by atoms with Crippen molar-refractivity contribution in [1.29, 1.82) is 0 Å². The van der Waals surface area contributed by atoms with Crippen molar-refractivity contribution in [3.05, 3.63) is 94.8 Å². The molecule has 0 aliphatic carbocycles. The summed E-state index contributed by atoms with van der Waals surface area (Å²) in [5.41, 5.74) is 4.04. The van der Waals surface area contributed by atoms with E-state index in [-0.39, 0.29) is 24.9 Å². The van der Waals surface area contributed by atoms with Gasteiger partial charge in [-0.2, -0.15) is 0 Å². The molecule has 3 aromatic carbocycles. The molecule has 0 spiro atoms. The van der Waals surface area contributed by atoms with Gasteiger partial charge in [0.1, 0.15) is 12.2 Å². The van der Waals surface area contributed by atoms with E-state index in [2.05, 4.69) is 25.9 Å². The summed E-state index contributed by atoms with van der Waals surface area (Å²) >= 11 is 6.11. The molecular formula is C26H21ClN6O2. The minimum atomic E-state index is -0.259. The number of rotatable bonds is 6. The van der Waals surface area contributed by atoms with Gasteiger partial charge in [0, 0.05) is 21.5 Å². The number of para-hydroxylation sites is 2. The maximum Gasteiger partial charge on any atom is 0.252 e. The molecule has 0 aliphatic heterocycles. The number of hydrogen-bond acceptors (Lipinski definition) is 5. The van der Waals surface area contributed by atoms with Crippen molar-refractivity contribution in [2.24, 2.45) is 0 Å². The Balaban J connectivity index is 1.28. The Morgan fingerprint density at radius 3 is 2.34 bits per heavy atom. The lowest BCUT2D eigenvalue weighted by molar-refractivity contribution is -0.116. The van der Waals surface area contributed by atoms with E-state index in [1.54, 1.807) is 24.4 Å². The number of halogens is 1. The highest BCUT2D eigenvalue weighted by molar-refractivity contribution is 6.31. The van der Waals surface area contributed by atoms with Crippen LogP contribution in [0, 0.1) is 6.92 Å². The number of hydrogen-bond donors (Lipinski definition) is 2. The van der Waals surface area contributed by atoms with Crippen LogP contribution in [0.15, 0.2) is 72.9 Å². The van der Waals surface area contributed by atoms with Gasteiger partial charge in [0.2, 0.25) is 5.91 Å². The van der Waals surface area contributed by atoms with Gasteiger partial charge in [-0.3, -0.25) is 9.59 Å². The standard InChI is InChI=1S/C26H21ClN6O2/c1-16-20(27)9-6-12-21(16)30-24(34)15-33-14-17(31-32-33)13-28-26(35)25-18-7-2-4-10-22(18)29-23-11-5-3-8-19(23)25/h2-12,14H,13,15H2,1H3,(H,28,35)(H,30,34). The summed E-state index contributed by atoms with van der Waals surface area (Å²) < 4.78 is 1.42. The largest absolute Gasteiger partial charge is 0.346 e. The molecule has 0 saturated heterocycles. The van der Waals surface area contributed by atoms with E-state index in [0.29, 0.717) is 22.0 Å². The van der Waals surface area contributed by atoms with Gasteiger partial charge >= 0.3 is 0 Å². The summed E-state index contributed by atoms with van der Waals surface area (Å²) in [6.45, 7) is 1.98. The molecule has 0 radical (unpaired) electrons. The van der Waals surface area contributed by atoms with Crippen molar-refractivity contribution >= 4 is 50.9 Å². The highest BCUT2D eigenvalue weighted by atomic mass is 35.5. The Labute approximate surface area is 205 Å². The van der Waals surface area contributed by atoms with Crippen molar-refractivity contribution in [3.8, 4) is 0 Å². The summed E-state index contributed by atoms with van der Waals surface area (Å²) in [5, 5.41) is 16.0. The SMILES string of the molecule is Cc1c(Cl)cccc1NC(=O)Cn1cc(CNC(=O)c2c3ccccc3nc3ccccc23)nn1. The molecule has 0 unspecified atom stereocenters. The van der Waals surface area contributed by atoms with E-state index in [9.17, 15) is 9.59 Å². The zero-order valence-electron chi connectivity index (χ0n) is 18.8. The fourth-order valence-corrected chi connectivity index (χ4v) is 4.09. The van der Waals surface area contributed by atoms with E-state index in [1.807, 2.05) is 55.5 Å². The van der Waals surface area contributed by atoms with Gasteiger partial charge in [0.05, 0.1) is 29.3 Å². The van der Waals surface area contributed by atoms with Gasteiger partial charge < -0.3 is 10.6 Å². The quantitative estimate of drug-likeness (QED) is 0.345. The van der Waals surface area contributed by atoms with E-state index in [1.165, 1.54) is 4.68 Å². The summed E-state index contributed by atoms with van der Waals surface area (Å²) in [6.07, 6.45) is 1.63. The van der Waals surface area contributed by atoms with Crippen molar-refractivity contribution in [2.75, 3.05) is 5.32 Å². The van der Waals surface area contributed by atoms with Crippen LogP contribution in [0.3, 0.4) is 0 Å². The first-order valence-corrected chi connectivity index (χ1v) is 11.4. The highest BCUT2D eigenvalue weighted by Gasteiger charge is 2.16. The molecule has 9 heteroatoms. The molecule has 35 heavy (non-hydrogen) atoms. The zero-order chi connectivity index (χ0) is 24.4. The molecule has 0 atom stereocenters. The number of carbonyl (C=O) groups is 2. The van der Waals surface area contributed by atoms with Crippen molar-refractivity contribution < 1.29 is 9.59 Å². The summed E-state index contributed by atoms with van der Waals surface area (Å²) in [7, 11) is 0. The van der Waals surface area contributed by atoms with Gasteiger partial charge in [0.15, 0.2) is 0 Å². The first-order valence-electron chi connectivity index (χ1n) is 11.0. The van der Waals surface area contributed by atoms with Crippen molar-refractivity contribution in [1.82, 2.24) is 25.3 Å². The third kappa shape index (κ3) is 4.69. The van der Waals surface area contributed by atoms with Crippen LogP contribution in [0.25, 0.3) is 21.8 Å². The van der Waals surface area contributed by atoms with Gasteiger partial charge in [-0.1, -0.05) is 59.3 Å². The van der Waals surface area contributed by atoms with Gasteiger partial charge in [0.25, 0.3) is 5.91 Å². The Morgan fingerprint density at radius 1 is 0.943 bits per heavy atom. The van der Waals surface area contributed by atoms with Crippen molar-refractivity contribution in [3.63, 3.8) is 0 Å². The Bertz CT molecular complexity index is 1530. The number of amides is 2. The van der Waals surface area contributed by atoms with Crippen LogP contribution in [0.4, 0.5) is 5.69 Å². The van der Waals surface area contributed by atoms with Crippen LogP contribution in [-0.4, -0.2) is 31.8 Å². The minimum Gasteiger partial charge on any atom is -0.346 e. The second-order valence-corrected chi connectivity index (χ2v) is 8.48. The molecule has 8 nitrogen and oxygen atoms in total. The van der Waals surface area contributed by atoms with Crippen molar-refractivity contribution in [2.45, 2.75) is 20.0 Å². The monoisotopic (exact) mass is 484 g/mol. The fourth-order valence-electron chi connectivity index (χ4n) is 3.92. The lowest BCUT2D eigenvalue weighted by Crippen LogP contribution is -2.23. The average Bonchev–Trinajstić information content (AvgIpc) is 3.31. The second-order valence-electron chi connectivity index (χ2n) is 8.07. The smallest absolute Gasteiger partial charge is 0.252 e. The molecule has 0 fully saturated rings.